The lowest BCUT2D eigenvalue weighted by Crippen LogP contribution is -2.29. The van der Waals surface area contributed by atoms with Gasteiger partial charge in [-0.05, 0) is 12.3 Å². The van der Waals surface area contributed by atoms with E-state index in [0.29, 0.717) is 12.0 Å². The predicted octanol–water partition coefficient (Wildman–Crippen LogP) is 3.71. The Hall–Kier alpha value is -0.730. The van der Waals surface area contributed by atoms with Crippen LogP contribution in [-0.2, 0) is 0 Å². The van der Waals surface area contributed by atoms with E-state index in [1.807, 2.05) is 0 Å². The fourth-order valence-electron chi connectivity index (χ4n) is 1.71. The number of allylic oxidation sites excluding steroid dienone is 4. The van der Waals surface area contributed by atoms with Gasteiger partial charge in [0.05, 0.1) is 5.92 Å². The molecule has 0 heterocycles. The molecule has 0 aromatic rings. The molecule has 1 unspecified atom stereocenters. The Morgan fingerprint density at radius 1 is 1.31 bits per heavy atom. The summed E-state index contributed by atoms with van der Waals surface area (Å²) in [7, 11) is 0. The summed E-state index contributed by atoms with van der Waals surface area (Å²) in [4.78, 5) is 0. The number of hydrogen-bond acceptors (Lipinski definition) is 0. The van der Waals surface area contributed by atoms with Gasteiger partial charge in [0.1, 0.15) is 0 Å². The SMILES string of the molecule is CC(C)C(C1=CC=CC1)C(F)(F)F. The Morgan fingerprint density at radius 2 is 1.92 bits per heavy atom. The van der Waals surface area contributed by atoms with Gasteiger partial charge in [0, 0.05) is 0 Å². The zero-order chi connectivity index (χ0) is 10.1. The third-order valence-corrected chi connectivity index (χ3v) is 2.22. The summed E-state index contributed by atoms with van der Waals surface area (Å²) in [6, 6.07) is 0. The first-order chi connectivity index (χ1) is 5.93. The lowest BCUT2D eigenvalue weighted by molar-refractivity contribution is -0.174. The van der Waals surface area contributed by atoms with Gasteiger partial charge in [0.2, 0.25) is 0 Å². The largest absolute Gasteiger partial charge is 0.395 e. The molecule has 0 aromatic heterocycles. The van der Waals surface area contributed by atoms with Crippen molar-refractivity contribution in [3.63, 3.8) is 0 Å². The maximum atomic E-state index is 12.6. The van der Waals surface area contributed by atoms with Crippen molar-refractivity contribution in [3.05, 3.63) is 23.8 Å². The summed E-state index contributed by atoms with van der Waals surface area (Å²) >= 11 is 0. The van der Waals surface area contributed by atoms with E-state index >= 15 is 0 Å². The van der Waals surface area contributed by atoms with Crippen molar-refractivity contribution in [1.29, 1.82) is 0 Å². The van der Waals surface area contributed by atoms with Crippen LogP contribution in [0, 0.1) is 11.8 Å². The molecule has 1 aliphatic rings. The van der Waals surface area contributed by atoms with Gasteiger partial charge in [-0.15, -0.1) is 0 Å². The third kappa shape index (κ3) is 2.36. The second-order valence-corrected chi connectivity index (χ2v) is 3.64. The number of alkyl halides is 3. The van der Waals surface area contributed by atoms with Crippen molar-refractivity contribution in [1.82, 2.24) is 0 Å². The van der Waals surface area contributed by atoms with Gasteiger partial charge in [0.15, 0.2) is 0 Å². The molecule has 0 aromatic carbocycles. The van der Waals surface area contributed by atoms with Crippen molar-refractivity contribution >= 4 is 0 Å². The standard InChI is InChI=1S/C10H13F3/c1-7(2)9(10(11,12)13)8-5-3-4-6-8/h3-5,7,9H,6H2,1-2H3. The van der Waals surface area contributed by atoms with Gasteiger partial charge in [-0.3, -0.25) is 0 Å². The van der Waals surface area contributed by atoms with Crippen molar-refractivity contribution in [2.45, 2.75) is 26.4 Å². The highest BCUT2D eigenvalue weighted by Crippen LogP contribution is 2.39. The Bertz CT molecular complexity index is 233. The fourth-order valence-corrected chi connectivity index (χ4v) is 1.71. The van der Waals surface area contributed by atoms with Gasteiger partial charge in [-0.2, -0.15) is 13.2 Å². The zero-order valence-corrected chi connectivity index (χ0v) is 7.73. The molecule has 0 amide bonds. The van der Waals surface area contributed by atoms with E-state index in [9.17, 15) is 13.2 Å². The lowest BCUT2D eigenvalue weighted by atomic mass is 9.87. The van der Waals surface area contributed by atoms with Gasteiger partial charge >= 0.3 is 6.18 Å². The third-order valence-electron chi connectivity index (χ3n) is 2.22. The normalized spacial score (nSPS) is 19.4. The van der Waals surface area contributed by atoms with E-state index in [-0.39, 0.29) is 5.92 Å². The van der Waals surface area contributed by atoms with E-state index in [2.05, 4.69) is 0 Å². The average molecular weight is 190 g/mol. The number of rotatable bonds is 2. The van der Waals surface area contributed by atoms with Crippen LogP contribution >= 0.6 is 0 Å². The quantitative estimate of drug-likeness (QED) is 0.622. The second-order valence-electron chi connectivity index (χ2n) is 3.64. The molecule has 1 aliphatic carbocycles. The first kappa shape index (κ1) is 10.4. The summed E-state index contributed by atoms with van der Waals surface area (Å²) in [6.07, 6.45) is 1.37. The number of hydrogen-bond donors (Lipinski definition) is 0. The van der Waals surface area contributed by atoms with E-state index < -0.39 is 12.1 Å². The molecule has 74 valence electrons. The van der Waals surface area contributed by atoms with E-state index in [4.69, 9.17) is 0 Å². The first-order valence-corrected chi connectivity index (χ1v) is 4.35. The molecule has 0 radical (unpaired) electrons. The summed E-state index contributed by atoms with van der Waals surface area (Å²) < 4.78 is 37.7. The van der Waals surface area contributed by atoms with Crippen LogP contribution < -0.4 is 0 Å². The van der Waals surface area contributed by atoms with E-state index in [1.54, 1.807) is 32.1 Å². The minimum atomic E-state index is -4.11. The highest BCUT2D eigenvalue weighted by atomic mass is 19.4. The fraction of sp³-hybridized carbons (Fsp3) is 0.600. The summed E-state index contributed by atoms with van der Waals surface area (Å²) in [5.41, 5.74) is 0.488. The number of halogens is 3. The molecule has 0 bridgehead atoms. The summed E-state index contributed by atoms with van der Waals surface area (Å²) in [6.45, 7) is 3.22. The molecule has 3 heteroatoms. The van der Waals surface area contributed by atoms with Gasteiger partial charge in [-0.1, -0.05) is 37.6 Å². The molecule has 0 aliphatic heterocycles. The van der Waals surface area contributed by atoms with Gasteiger partial charge in [-0.25, -0.2) is 0 Å². The molecule has 0 saturated carbocycles. The van der Waals surface area contributed by atoms with Crippen LogP contribution in [0.1, 0.15) is 20.3 Å². The topological polar surface area (TPSA) is 0 Å². The maximum absolute atomic E-state index is 12.6. The average Bonchev–Trinajstić information content (AvgIpc) is 2.34. The Balaban J connectivity index is 2.81. The smallest absolute Gasteiger partial charge is 0.170 e. The van der Waals surface area contributed by atoms with Gasteiger partial charge < -0.3 is 0 Å². The van der Waals surface area contributed by atoms with Crippen molar-refractivity contribution < 1.29 is 13.2 Å². The minimum absolute atomic E-state index is 0.383. The zero-order valence-electron chi connectivity index (χ0n) is 7.73. The molecule has 0 spiro atoms. The van der Waals surface area contributed by atoms with Crippen LogP contribution in [0.4, 0.5) is 13.2 Å². The maximum Gasteiger partial charge on any atom is 0.395 e. The second kappa shape index (κ2) is 3.56. The van der Waals surface area contributed by atoms with Crippen molar-refractivity contribution in [3.8, 4) is 0 Å². The van der Waals surface area contributed by atoms with Crippen LogP contribution in [0.3, 0.4) is 0 Å². The van der Waals surface area contributed by atoms with Crippen LogP contribution in [-0.4, -0.2) is 6.18 Å². The molecule has 0 saturated heterocycles. The Labute approximate surface area is 76.1 Å². The monoisotopic (exact) mass is 190 g/mol. The molecule has 1 atom stereocenters. The van der Waals surface area contributed by atoms with Crippen LogP contribution in [0.25, 0.3) is 0 Å². The lowest BCUT2D eigenvalue weighted by Gasteiger charge is -2.25. The molecule has 13 heavy (non-hydrogen) atoms. The molecule has 0 fully saturated rings. The van der Waals surface area contributed by atoms with Crippen LogP contribution in [0.2, 0.25) is 0 Å². The van der Waals surface area contributed by atoms with Crippen molar-refractivity contribution in [2.24, 2.45) is 11.8 Å². The van der Waals surface area contributed by atoms with E-state index in [1.165, 1.54) is 0 Å². The molecule has 0 N–H and O–H groups in total. The molecular weight excluding hydrogens is 177 g/mol. The first-order valence-electron chi connectivity index (χ1n) is 4.35. The van der Waals surface area contributed by atoms with E-state index in [0.717, 1.165) is 0 Å². The molecular formula is C10H13F3. The Morgan fingerprint density at radius 3 is 2.23 bits per heavy atom. The summed E-state index contributed by atoms with van der Waals surface area (Å²) in [5, 5.41) is 0. The van der Waals surface area contributed by atoms with Crippen LogP contribution in [0.15, 0.2) is 23.8 Å². The van der Waals surface area contributed by atoms with Crippen LogP contribution in [0.5, 0.6) is 0 Å². The highest BCUT2D eigenvalue weighted by Gasteiger charge is 2.43. The van der Waals surface area contributed by atoms with Crippen molar-refractivity contribution in [2.75, 3.05) is 0 Å². The summed E-state index contributed by atoms with van der Waals surface area (Å²) in [5.74, 6) is -1.66. The molecule has 0 nitrogen and oxygen atoms in total. The predicted molar refractivity (Wildman–Crippen MR) is 46.2 cm³/mol. The Kier molecular flexibility index (Phi) is 2.84. The minimum Gasteiger partial charge on any atom is -0.170 e. The molecule has 1 rings (SSSR count). The van der Waals surface area contributed by atoms with Gasteiger partial charge in [0.25, 0.3) is 0 Å². The highest BCUT2D eigenvalue weighted by molar-refractivity contribution is 5.26.